The van der Waals surface area contributed by atoms with E-state index >= 15 is 0 Å². The first-order valence-electron chi connectivity index (χ1n) is 8.76. The van der Waals surface area contributed by atoms with Gasteiger partial charge in [-0.05, 0) is 43.7 Å². The third-order valence-corrected chi connectivity index (χ3v) is 4.59. The molecular weight excluding hydrogens is 378 g/mol. The molecule has 1 unspecified atom stereocenters. The van der Waals surface area contributed by atoms with E-state index in [4.69, 9.17) is 22.1 Å². The predicted octanol–water partition coefficient (Wildman–Crippen LogP) is 3.87. The molecule has 0 saturated carbocycles. The molecule has 0 aliphatic carbocycles. The van der Waals surface area contributed by atoms with Crippen molar-refractivity contribution in [1.82, 2.24) is 4.57 Å². The molecule has 7 heteroatoms. The van der Waals surface area contributed by atoms with E-state index < -0.39 is 0 Å². The Morgan fingerprint density at radius 2 is 2.07 bits per heavy atom. The van der Waals surface area contributed by atoms with Gasteiger partial charge in [-0.15, -0.1) is 0 Å². The standard InChI is InChI=1S/C21H24ClN3O3/c1-13(9-16(23)7-8-24-3)25-12-20(28-4)19(11-21(25)27)18-10-15(22)5-6-17(18)14(2)26/h5-8,10-13H,9,23H2,1-4H3. The lowest BCUT2D eigenvalue weighted by atomic mass is 9.97. The van der Waals surface area contributed by atoms with Crippen LogP contribution in [0.3, 0.4) is 0 Å². The fourth-order valence-electron chi connectivity index (χ4n) is 2.97. The van der Waals surface area contributed by atoms with Crippen LogP contribution < -0.4 is 16.0 Å². The summed E-state index contributed by atoms with van der Waals surface area (Å²) in [5, 5.41) is 0.468. The monoisotopic (exact) mass is 401 g/mol. The Labute approximate surface area is 169 Å². The number of rotatable bonds is 7. The first-order valence-corrected chi connectivity index (χ1v) is 9.14. The van der Waals surface area contributed by atoms with Crippen molar-refractivity contribution in [3.05, 3.63) is 63.2 Å². The summed E-state index contributed by atoms with van der Waals surface area (Å²) >= 11 is 6.12. The van der Waals surface area contributed by atoms with Gasteiger partial charge < -0.3 is 15.0 Å². The molecule has 1 aromatic heterocycles. The van der Waals surface area contributed by atoms with E-state index in [2.05, 4.69) is 4.99 Å². The molecule has 0 amide bonds. The third kappa shape index (κ3) is 4.89. The second-order valence-electron chi connectivity index (χ2n) is 6.45. The van der Waals surface area contributed by atoms with Gasteiger partial charge in [-0.1, -0.05) is 11.6 Å². The molecule has 0 fully saturated rings. The van der Waals surface area contributed by atoms with Crippen LogP contribution >= 0.6 is 11.6 Å². The van der Waals surface area contributed by atoms with Crippen LogP contribution in [0.4, 0.5) is 0 Å². The number of hydrogen-bond acceptors (Lipinski definition) is 5. The quantitative estimate of drug-likeness (QED) is 0.563. The van der Waals surface area contributed by atoms with Crippen LogP contribution in [-0.2, 0) is 0 Å². The van der Waals surface area contributed by atoms with Crippen LogP contribution in [0.1, 0.15) is 36.7 Å². The number of nitrogens with two attached hydrogens (primary N) is 1. The minimum absolute atomic E-state index is 0.123. The highest BCUT2D eigenvalue weighted by Gasteiger charge is 2.18. The first kappa shape index (κ1) is 21.4. The zero-order chi connectivity index (χ0) is 20.8. The maximum atomic E-state index is 12.8. The van der Waals surface area contributed by atoms with Crippen molar-refractivity contribution in [2.75, 3.05) is 14.2 Å². The van der Waals surface area contributed by atoms with Crippen molar-refractivity contribution in [1.29, 1.82) is 0 Å². The molecule has 6 nitrogen and oxygen atoms in total. The molecule has 0 spiro atoms. The third-order valence-electron chi connectivity index (χ3n) is 4.36. The van der Waals surface area contributed by atoms with Gasteiger partial charge in [0.1, 0.15) is 5.75 Å². The maximum Gasteiger partial charge on any atom is 0.251 e. The number of benzene rings is 1. The zero-order valence-electron chi connectivity index (χ0n) is 16.4. The topological polar surface area (TPSA) is 86.7 Å². The largest absolute Gasteiger partial charge is 0.495 e. The van der Waals surface area contributed by atoms with Crippen LogP contribution in [-0.4, -0.2) is 30.7 Å². The summed E-state index contributed by atoms with van der Waals surface area (Å²) in [4.78, 5) is 28.7. The van der Waals surface area contributed by atoms with Gasteiger partial charge in [0, 0.05) is 53.6 Å². The Bertz CT molecular complexity index is 993. The van der Waals surface area contributed by atoms with Crippen LogP contribution in [0.2, 0.25) is 5.02 Å². The predicted molar refractivity (Wildman–Crippen MR) is 114 cm³/mol. The molecular formula is C21H24ClN3O3. The molecule has 0 radical (unpaired) electrons. The van der Waals surface area contributed by atoms with Gasteiger partial charge in [0.2, 0.25) is 0 Å². The molecule has 148 valence electrons. The van der Waals surface area contributed by atoms with Gasteiger partial charge >= 0.3 is 0 Å². The van der Waals surface area contributed by atoms with Crippen molar-refractivity contribution >= 4 is 23.6 Å². The van der Waals surface area contributed by atoms with E-state index in [0.717, 1.165) is 0 Å². The molecule has 2 aromatic rings. The molecule has 0 bridgehead atoms. The average molecular weight is 402 g/mol. The lowest BCUT2D eigenvalue weighted by molar-refractivity contribution is 0.101. The van der Waals surface area contributed by atoms with Crippen LogP contribution in [0.15, 0.2) is 52.0 Å². The summed E-state index contributed by atoms with van der Waals surface area (Å²) in [6, 6.07) is 6.22. The number of Topliss-reactive ketones (excluding diaryl/α,β-unsaturated/α-hetero) is 1. The zero-order valence-corrected chi connectivity index (χ0v) is 17.2. The number of allylic oxidation sites excluding steroid dienone is 2. The molecule has 1 atom stereocenters. The number of nitrogens with zero attached hydrogens (tertiary/aromatic N) is 2. The van der Waals surface area contributed by atoms with Crippen molar-refractivity contribution in [2.24, 2.45) is 10.7 Å². The Morgan fingerprint density at radius 1 is 1.36 bits per heavy atom. The van der Waals surface area contributed by atoms with E-state index in [1.54, 1.807) is 48.3 Å². The highest BCUT2D eigenvalue weighted by atomic mass is 35.5. The van der Waals surface area contributed by atoms with Crippen LogP contribution in [0, 0.1) is 0 Å². The first-order chi connectivity index (χ1) is 13.3. The van der Waals surface area contributed by atoms with Crippen LogP contribution in [0.25, 0.3) is 11.1 Å². The highest BCUT2D eigenvalue weighted by molar-refractivity contribution is 6.31. The second kappa shape index (κ2) is 9.37. The normalized spacial score (nSPS) is 13.0. The SMILES string of the molecule is CN=CC=C(N)CC(C)n1cc(OC)c(-c2cc(Cl)ccc2C(C)=O)cc1=O. The van der Waals surface area contributed by atoms with Gasteiger partial charge in [-0.3, -0.25) is 14.6 Å². The smallest absolute Gasteiger partial charge is 0.251 e. The molecule has 0 aliphatic rings. The molecule has 2 rings (SSSR count). The number of methoxy groups -OCH3 is 1. The number of hydrogen-bond donors (Lipinski definition) is 1. The number of aromatic nitrogens is 1. The lowest BCUT2D eigenvalue weighted by Gasteiger charge is -2.19. The molecule has 2 N–H and O–H groups in total. The summed E-state index contributed by atoms with van der Waals surface area (Å²) in [7, 11) is 3.18. The number of halogens is 1. The maximum absolute atomic E-state index is 12.8. The number of ether oxygens (including phenoxy) is 1. The molecule has 28 heavy (non-hydrogen) atoms. The summed E-state index contributed by atoms with van der Waals surface area (Å²) in [6.07, 6.45) is 5.42. The average Bonchev–Trinajstić information content (AvgIpc) is 2.65. The van der Waals surface area contributed by atoms with Gasteiger partial charge in [0.05, 0.1) is 13.3 Å². The summed E-state index contributed by atoms with van der Waals surface area (Å²) in [5.74, 6) is 0.343. The van der Waals surface area contributed by atoms with E-state index in [1.165, 1.54) is 20.1 Å². The van der Waals surface area contributed by atoms with E-state index in [0.29, 0.717) is 39.6 Å². The second-order valence-corrected chi connectivity index (χ2v) is 6.89. The number of carbonyl (C=O) groups excluding carboxylic acids is 1. The van der Waals surface area contributed by atoms with Crippen LogP contribution in [0.5, 0.6) is 5.75 Å². The van der Waals surface area contributed by atoms with Gasteiger partial charge in [0.25, 0.3) is 5.56 Å². The fourth-order valence-corrected chi connectivity index (χ4v) is 3.14. The summed E-state index contributed by atoms with van der Waals surface area (Å²) in [5.41, 5.74) is 7.92. The molecule has 0 saturated heterocycles. The molecule has 1 heterocycles. The van der Waals surface area contributed by atoms with Crippen molar-refractivity contribution in [2.45, 2.75) is 26.3 Å². The Morgan fingerprint density at radius 3 is 2.68 bits per heavy atom. The number of ketones is 1. The van der Waals surface area contributed by atoms with E-state index in [9.17, 15) is 9.59 Å². The summed E-state index contributed by atoms with van der Waals surface area (Å²) in [6.45, 7) is 3.36. The minimum atomic E-state index is -0.227. The number of pyridine rings is 1. The fraction of sp³-hybridized carbons (Fsp3) is 0.286. The van der Waals surface area contributed by atoms with Gasteiger partial charge in [-0.25, -0.2) is 0 Å². The van der Waals surface area contributed by atoms with Gasteiger partial charge in [-0.2, -0.15) is 0 Å². The van der Waals surface area contributed by atoms with Crippen molar-refractivity contribution in [3.63, 3.8) is 0 Å². The van der Waals surface area contributed by atoms with Gasteiger partial charge in [0.15, 0.2) is 5.78 Å². The lowest BCUT2D eigenvalue weighted by Crippen LogP contribution is -2.24. The van der Waals surface area contributed by atoms with Crippen molar-refractivity contribution in [3.8, 4) is 16.9 Å². The number of carbonyl (C=O) groups is 1. The van der Waals surface area contributed by atoms with E-state index in [1.807, 2.05) is 6.92 Å². The number of aliphatic imine (C=N–C) groups is 1. The Balaban J connectivity index is 2.55. The highest BCUT2D eigenvalue weighted by Crippen LogP contribution is 2.34. The minimum Gasteiger partial charge on any atom is -0.495 e. The van der Waals surface area contributed by atoms with E-state index in [-0.39, 0.29) is 17.4 Å². The Hall–Kier alpha value is -2.86. The Kier molecular flexibility index (Phi) is 7.18. The molecule has 0 aliphatic heterocycles. The summed E-state index contributed by atoms with van der Waals surface area (Å²) < 4.78 is 7.07. The molecule has 1 aromatic carbocycles. The van der Waals surface area contributed by atoms with Crippen molar-refractivity contribution < 1.29 is 9.53 Å².